The number of aryl methyl sites for hydroxylation is 2. The summed E-state index contributed by atoms with van der Waals surface area (Å²) in [5.41, 5.74) is 1.61. The molecule has 1 fully saturated rings. The van der Waals surface area contributed by atoms with Crippen LogP contribution in [0.2, 0.25) is 0 Å². The number of rotatable bonds is 7. The minimum Gasteiger partial charge on any atom is -0.363 e. The topological polar surface area (TPSA) is 111 Å². The van der Waals surface area contributed by atoms with Crippen molar-refractivity contribution in [1.82, 2.24) is 14.6 Å². The molecule has 1 aliphatic heterocycles. The van der Waals surface area contributed by atoms with E-state index in [-0.39, 0.29) is 16.2 Å². The summed E-state index contributed by atoms with van der Waals surface area (Å²) in [6, 6.07) is 6.91. The fraction of sp³-hybridized carbons (Fsp3) is 0.429. The number of thiophene rings is 1. The van der Waals surface area contributed by atoms with Crippen molar-refractivity contribution >= 4 is 44.7 Å². The number of thioether (sulfide) groups is 1. The van der Waals surface area contributed by atoms with E-state index in [1.807, 2.05) is 26.0 Å². The Bertz CT molecular complexity index is 1200. The maximum absolute atomic E-state index is 12.6. The van der Waals surface area contributed by atoms with Gasteiger partial charge < -0.3 is 10.7 Å². The molecule has 0 atom stereocenters. The number of para-hydroxylation sites is 2. The van der Waals surface area contributed by atoms with Crippen LogP contribution in [0.4, 0.5) is 11.4 Å². The Morgan fingerprint density at radius 3 is 2.66 bits per heavy atom. The molecule has 9 nitrogen and oxygen atoms in total. The van der Waals surface area contributed by atoms with Crippen molar-refractivity contribution in [3.8, 4) is 0 Å². The molecular formula is C21H26N6O3S2. The Kier molecular flexibility index (Phi) is 6.68. The summed E-state index contributed by atoms with van der Waals surface area (Å²) < 4.78 is 1.16. The lowest BCUT2D eigenvalue weighted by Gasteiger charge is -2.35. The highest BCUT2D eigenvalue weighted by atomic mass is 32.2. The Morgan fingerprint density at radius 2 is 1.94 bits per heavy atom. The van der Waals surface area contributed by atoms with Crippen molar-refractivity contribution in [3.05, 3.63) is 55.2 Å². The molecule has 2 N–H and O–H groups in total. The van der Waals surface area contributed by atoms with E-state index in [1.54, 1.807) is 12.1 Å². The van der Waals surface area contributed by atoms with Gasteiger partial charge in [0.15, 0.2) is 5.16 Å². The summed E-state index contributed by atoms with van der Waals surface area (Å²) >= 11 is 3.03. The minimum atomic E-state index is -0.319. The van der Waals surface area contributed by atoms with E-state index in [1.165, 1.54) is 23.1 Å². The van der Waals surface area contributed by atoms with E-state index in [0.717, 1.165) is 64.8 Å². The third-order valence-corrected chi connectivity index (χ3v) is 7.98. The van der Waals surface area contributed by atoms with Gasteiger partial charge >= 0.3 is 0 Å². The molecule has 0 amide bonds. The van der Waals surface area contributed by atoms with E-state index in [2.05, 4.69) is 14.8 Å². The molecule has 1 saturated heterocycles. The number of nitro groups is 1. The highest BCUT2D eigenvalue weighted by Crippen LogP contribution is 2.29. The zero-order chi connectivity index (χ0) is 22.8. The van der Waals surface area contributed by atoms with Gasteiger partial charge in [-0.25, -0.2) is 9.66 Å². The number of nitrogens with two attached hydrogens (primary N) is 1. The summed E-state index contributed by atoms with van der Waals surface area (Å²) in [6.45, 7) is 8.08. The quantitative estimate of drug-likeness (QED) is 0.139. The molecule has 0 aliphatic carbocycles. The van der Waals surface area contributed by atoms with Crippen LogP contribution in [0.1, 0.15) is 16.9 Å². The summed E-state index contributed by atoms with van der Waals surface area (Å²) in [5.74, 6) is 6.83. The second kappa shape index (κ2) is 9.47. The second-order valence-electron chi connectivity index (χ2n) is 7.81. The second-order valence-corrected chi connectivity index (χ2v) is 10.1. The van der Waals surface area contributed by atoms with Gasteiger partial charge in [0.1, 0.15) is 10.5 Å². The lowest BCUT2D eigenvalue weighted by Crippen LogP contribution is -2.46. The molecule has 0 saturated carbocycles. The zero-order valence-electron chi connectivity index (χ0n) is 18.1. The first-order valence-electron chi connectivity index (χ1n) is 10.5. The first-order valence-corrected chi connectivity index (χ1v) is 12.3. The third kappa shape index (κ3) is 4.45. The summed E-state index contributed by atoms with van der Waals surface area (Å²) in [6.07, 6.45) is 0.937. The molecule has 0 unspecified atom stereocenters. The van der Waals surface area contributed by atoms with Crippen LogP contribution in [-0.4, -0.2) is 58.0 Å². The normalized spacial score (nSPS) is 14.9. The summed E-state index contributed by atoms with van der Waals surface area (Å²) in [7, 11) is 0. The van der Waals surface area contributed by atoms with E-state index >= 15 is 0 Å². The van der Waals surface area contributed by atoms with Crippen molar-refractivity contribution in [2.75, 3.05) is 49.2 Å². The molecule has 11 heteroatoms. The lowest BCUT2D eigenvalue weighted by molar-refractivity contribution is -0.384. The summed E-state index contributed by atoms with van der Waals surface area (Å²) in [4.78, 5) is 34.5. The van der Waals surface area contributed by atoms with Crippen molar-refractivity contribution in [3.63, 3.8) is 0 Å². The van der Waals surface area contributed by atoms with Crippen molar-refractivity contribution in [1.29, 1.82) is 0 Å². The van der Waals surface area contributed by atoms with E-state index in [9.17, 15) is 14.9 Å². The van der Waals surface area contributed by atoms with Crippen LogP contribution in [-0.2, 0) is 0 Å². The number of piperazine rings is 1. The minimum absolute atomic E-state index is 0.158. The van der Waals surface area contributed by atoms with Gasteiger partial charge in [0, 0.05) is 42.9 Å². The number of nitrogens with zero attached hydrogens (tertiary/aromatic N) is 5. The highest BCUT2D eigenvalue weighted by Gasteiger charge is 2.23. The number of aromatic nitrogens is 2. The van der Waals surface area contributed by atoms with Crippen molar-refractivity contribution in [2.24, 2.45) is 0 Å². The van der Waals surface area contributed by atoms with Crippen LogP contribution in [0.25, 0.3) is 10.2 Å². The van der Waals surface area contributed by atoms with Crippen LogP contribution < -0.4 is 16.3 Å². The molecule has 0 radical (unpaired) electrons. The molecule has 1 aromatic carbocycles. The van der Waals surface area contributed by atoms with Crippen LogP contribution in [0.15, 0.2) is 34.2 Å². The average molecular weight is 475 g/mol. The zero-order valence-corrected chi connectivity index (χ0v) is 19.7. The Balaban J connectivity index is 1.29. The number of nitrogen functional groups attached to an aromatic ring is 1. The number of hydrogen-bond acceptors (Lipinski definition) is 9. The van der Waals surface area contributed by atoms with Gasteiger partial charge in [-0.1, -0.05) is 23.9 Å². The standard InChI is InChI=1S/C21H26N6O3S2/c1-14-15(2)32-19-18(14)20(28)26(22)21(23-19)31-13-5-8-24-9-11-25(12-10-24)16-6-3-4-7-17(16)27(29)30/h3-4,6-7H,5,8-13,22H2,1-2H3. The fourth-order valence-corrected chi connectivity index (χ4v) is 5.85. The Labute approximate surface area is 194 Å². The summed E-state index contributed by atoms with van der Waals surface area (Å²) in [5, 5.41) is 12.5. The van der Waals surface area contributed by atoms with Crippen LogP contribution >= 0.6 is 23.1 Å². The molecule has 32 heavy (non-hydrogen) atoms. The maximum atomic E-state index is 12.6. The molecular weight excluding hydrogens is 448 g/mol. The fourth-order valence-electron chi connectivity index (χ4n) is 3.94. The van der Waals surface area contributed by atoms with Crippen LogP contribution in [0.3, 0.4) is 0 Å². The molecule has 3 heterocycles. The molecule has 4 rings (SSSR count). The van der Waals surface area contributed by atoms with E-state index in [0.29, 0.717) is 16.2 Å². The van der Waals surface area contributed by atoms with Crippen LogP contribution in [0, 0.1) is 24.0 Å². The molecule has 0 bridgehead atoms. The molecule has 3 aromatic rings. The van der Waals surface area contributed by atoms with Gasteiger partial charge in [-0.15, -0.1) is 11.3 Å². The largest absolute Gasteiger partial charge is 0.363 e. The van der Waals surface area contributed by atoms with Gasteiger partial charge in [0.05, 0.1) is 10.3 Å². The average Bonchev–Trinajstić information content (AvgIpc) is 3.08. The Morgan fingerprint density at radius 1 is 1.22 bits per heavy atom. The first-order chi connectivity index (χ1) is 15.4. The number of hydrogen-bond donors (Lipinski definition) is 1. The number of anilines is 1. The maximum Gasteiger partial charge on any atom is 0.292 e. The molecule has 0 spiro atoms. The smallest absolute Gasteiger partial charge is 0.292 e. The molecule has 1 aliphatic rings. The van der Waals surface area contributed by atoms with Crippen molar-refractivity contribution in [2.45, 2.75) is 25.4 Å². The van der Waals surface area contributed by atoms with E-state index < -0.39 is 0 Å². The molecule has 170 valence electrons. The lowest BCUT2D eigenvalue weighted by atomic mass is 10.2. The van der Waals surface area contributed by atoms with Crippen molar-refractivity contribution < 1.29 is 4.92 Å². The van der Waals surface area contributed by atoms with Gasteiger partial charge in [-0.05, 0) is 38.4 Å². The van der Waals surface area contributed by atoms with E-state index in [4.69, 9.17) is 5.84 Å². The number of fused-ring (bicyclic) bond motifs is 1. The number of benzene rings is 1. The van der Waals surface area contributed by atoms with Crippen LogP contribution in [0.5, 0.6) is 0 Å². The Hall–Kier alpha value is -2.63. The first kappa shape index (κ1) is 22.6. The monoisotopic (exact) mass is 474 g/mol. The predicted molar refractivity (Wildman–Crippen MR) is 131 cm³/mol. The van der Waals surface area contributed by atoms with Gasteiger partial charge in [-0.2, -0.15) is 0 Å². The van der Waals surface area contributed by atoms with Gasteiger partial charge in [0.25, 0.3) is 11.2 Å². The third-order valence-electron chi connectivity index (χ3n) is 5.84. The number of nitro benzene ring substituents is 1. The molecule has 2 aromatic heterocycles. The van der Waals surface area contributed by atoms with Gasteiger partial charge in [0.2, 0.25) is 0 Å². The predicted octanol–water partition coefficient (Wildman–Crippen LogP) is 3.00. The SMILES string of the molecule is Cc1sc2nc(SCCCN3CCN(c4ccccc4[N+](=O)[O-])CC3)n(N)c(=O)c2c1C. The van der Waals surface area contributed by atoms with Gasteiger partial charge in [-0.3, -0.25) is 19.8 Å². The highest BCUT2D eigenvalue weighted by molar-refractivity contribution is 7.99.